The van der Waals surface area contributed by atoms with Gasteiger partial charge in [-0.3, -0.25) is 0 Å². The molecule has 18 heavy (non-hydrogen) atoms. The quantitative estimate of drug-likeness (QED) is 0.884. The van der Waals surface area contributed by atoms with Gasteiger partial charge in [0.25, 0.3) is 0 Å². The molecule has 0 aliphatic heterocycles. The molecular formula is C13H14Cl2N2O. The summed E-state index contributed by atoms with van der Waals surface area (Å²) in [6.07, 6.45) is 4.92. The lowest BCUT2D eigenvalue weighted by Gasteiger charge is -2.15. The van der Waals surface area contributed by atoms with E-state index >= 15 is 0 Å². The number of aliphatic hydroxyl groups is 1. The Morgan fingerprint density at radius 1 is 1.28 bits per heavy atom. The fraction of sp³-hybridized carbons (Fsp3) is 0.308. The highest BCUT2D eigenvalue weighted by Crippen LogP contribution is 2.29. The molecule has 0 aliphatic rings. The fourth-order valence-electron chi connectivity index (χ4n) is 1.95. The maximum Gasteiger partial charge on any atom is 0.106 e. The van der Waals surface area contributed by atoms with Crippen molar-refractivity contribution in [3.8, 4) is 0 Å². The van der Waals surface area contributed by atoms with Gasteiger partial charge in [-0.1, -0.05) is 29.3 Å². The second-order valence-corrected chi connectivity index (χ2v) is 4.94. The molecule has 0 spiro atoms. The third kappa shape index (κ3) is 3.25. The molecule has 2 aromatic rings. The van der Waals surface area contributed by atoms with E-state index in [4.69, 9.17) is 28.3 Å². The molecule has 1 atom stereocenters. The van der Waals surface area contributed by atoms with Gasteiger partial charge in [0.1, 0.15) is 5.82 Å². The number of aromatic amines is 1. The SMILES string of the molecule is OCCC(Cc1ncc[nH]1)c1ccc(Cl)c(Cl)c1. The summed E-state index contributed by atoms with van der Waals surface area (Å²) in [7, 11) is 0. The lowest BCUT2D eigenvalue weighted by atomic mass is 9.92. The summed E-state index contributed by atoms with van der Waals surface area (Å²) in [5, 5.41) is 10.2. The molecule has 0 bridgehead atoms. The van der Waals surface area contributed by atoms with Gasteiger partial charge in [0, 0.05) is 25.4 Å². The number of imidazole rings is 1. The number of rotatable bonds is 5. The number of hydrogen-bond donors (Lipinski definition) is 2. The third-order valence-electron chi connectivity index (χ3n) is 2.89. The van der Waals surface area contributed by atoms with Crippen LogP contribution < -0.4 is 0 Å². The van der Waals surface area contributed by atoms with Gasteiger partial charge in [-0.2, -0.15) is 0 Å². The van der Waals surface area contributed by atoms with Crippen molar-refractivity contribution in [2.45, 2.75) is 18.8 Å². The van der Waals surface area contributed by atoms with Crippen molar-refractivity contribution in [2.24, 2.45) is 0 Å². The van der Waals surface area contributed by atoms with Gasteiger partial charge < -0.3 is 10.1 Å². The molecule has 5 heteroatoms. The van der Waals surface area contributed by atoms with Crippen LogP contribution >= 0.6 is 23.2 Å². The second kappa shape index (κ2) is 6.23. The number of nitrogens with zero attached hydrogens (tertiary/aromatic N) is 1. The van der Waals surface area contributed by atoms with E-state index in [0.717, 1.165) is 17.8 Å². The number of halogens is 2. The summed E-state index contributed by atoms with van der Waals surface area (Å²) in [6, 6.07) is 5.58. The molecule has 1 aromatic carbocycles. The first-order valence-corrected chi connectivity index (χ1v) is 6.50. The van der Waals surface area contributed by atoms with Crippen LogP contribution in [0, 0.1) is 0 Å². The largest absolute Gasteiger partial charge is 0.396 e. The molecule has 0 fully saturated rings. The van der Waals surface area contributed by atoms with E-state index in [0.29, 0.717) is 16.5 Å². The average Bonchev–Trinajstić information content (AvgIpc) is 2.85. The Kier molecular flexibility index (Phi) is 4.64. The molecule has 1 heterocycles. The zero-order chi connectivity index (χ0) is 13.0. The van der Waals surface area contributed by atoms with Gasteiger partial charge in [-0.25, -0.2) is 4.98 Å². The molecule has 0 radical (unpaired) electrons. The lowest BCUT2D eigenvalue weighted by molar-refractivity contribution is 0.274. The Hall–Kier alpha value is -1.03. The minimum atomic E-state index is 0.131. The smallest absolute Gasteiger partial charge is 0.106 e. The minimum absolute atomic E-state index is 0.131. The van der Waals surface area contributed by atoms with E-state index in [1.165, 1.54) is 0 Å². The van der Waals surface area contributed by atoms with Crippen molar-refractivity contribution < 1.29 is 5.11 Å². The molecule has 0 saturated carbocycles. The fourth-order valence-corrected chi connectivity index (χ4v) is 2.26. The first-order valence-electron chi connectivity index (χ1n) is 5.74. The van der Waals surface area contributed by atoms with E-state index in [-0.39, 0.29) is 12.5 Å². The molecule has 0 aliphatic carbocycles. The average molecular weight is 285 g/mol. The highest BCUT2D eigenvalue weighted by molar-refractivity contribution is 6.42. The van der Waals surface area contributed by atoms with Crippen molar-refractivity contribution in [1.29, 1.82) is 0 Å². The van der Waals surface area contributed by atoms with E-state index in [9.17, 15) is 0 Å². The Labute approximate surface area is 116 Å². The van der Waals surface area contributed by atoms with Crippen LogP contribution in [0.4, 0.5) is 0 Å². The molecule has 0 saturated heterocycles. The summed E-state index contributed by atoms with van der Waals surface area (Å²) in [6.45, 7) is 0.131. The van der Waals surface area contributed by atoms with Gasteiger partial charge in [0.05, 0.1) is 10.0 Å². The summed E-state index contributed by atoms with van der Waals surface area (Å²) in [5.74, 6) is 1.08. The summed E-state index contributed by atoms with van der Waals surface area (Å²) >= 11 is 11.9. The highest BCUT2D eigenvalue weighted by Gasteiger charge is 2.14. The number of aromatic nitrogens is 2. The van der Waals surface area contributed by atoms with Crippen LogP contribution in [0.5, 0.6) is 0 Å². The highest BCUT2D eigenvalue weighted by atomic mass is 35.5. The topological polar surface area (TPSA) is 48.9 Å². The number of hydrogen-bond acceptors (Lipinski definition) is 2. The van der Waals surface area contributed by atoms with Crippen molar-refractivity contribution in [2.75, 3.05) is 6.61 Å². The Balaban J connectivity index is 2.20. The molecule has 1 aromatic heterocycles. The molecular weight excluding hydrogens is 271 g/mol. The van der Waals surface area contributed by atoms with Gasteiger partial charge in [-0.15, -0.1) is 0 Å². The number of benzene rings is 1. The molecule has 0 amide bonds. The first kappa shape index (κ1) is 13.4. The normalized spacial score (nSPS) is 12.6. The predicted molar refractivity (Wildman–Crippen MR) is 73.2 cm³/mol. The van der Waals surface area contributed by atoms with E-state index < -0.39 is 0 Å². The van der Waals surface area contributed by atoms with Crippen LogP contribution in [-0.2, 0) is 6.42 Å². The van der Waals surface area contributed by atoms with Crippen LogP contribution in [0.25, 0.3) is 0 Å². The zero-order valence-corrected chi connectivity index (χ0v) is 11.2. The van der Waals surface area contributed by atoms with Gasteiger partial charge in [0.2, 0.25) is 0 Å². The van der Waals surface area contributed by atoms with Gasteiger partial charge in [-0.05, 0) is 30.0 Å². The maximum atomic E-state index is 9.16. The zero-order valence-electron chi connectivity index (χ0n) is 9.74. The Morgan fingerprint density at radius 2 is 2.11 bits per heavy atom. The summed E-state index contributed by atoms with van der Waals surface area (Å²) in [4.78, 5) is 7.28. The number of aliphatic hydroxyl groups excluding tert-OH is 1. The van der Waals surface area contributed by atoms with Crippen LogP contribution in [0.2, 0.25) is 10.0 Å². The maximum absolute atomic E-state index is 9.16. The summed E-state index contributed by atoms with van der Waals surface area (Å²) in [5.41, 5.74) is 1.06. The first-order chi connectivity index (χ1) is 8.70. The monoisotopic (exact) mass is 284 g/mol. The Morgan fingerprint density at radius 3 is 2.72 bits per heavy atom. The van der Waals surface area contributed by atoms with Gasteiger partial charge >= 0.3 is 0 Å². The predicted octanol–water partition coefficient (Wildman–Crippen LogP) is 3.43. The minimum Gasteiger partial charge on any atom is -0.396 e. The van der Waals surface area contributed by atoms with Crippen LogP contribution in [0.3, 0.4) is 0 Å². The van der Waals surface area contributed by atoms with Gasteiger partial charge in [0.15, 0.2) is 0 Å². The van der Waals surface area contributed by atoms with Crippen LogP contribution in [0.1, 0.15) is 23.7 Å². The van der Waals surface area contributed by atoms with Crippen LogP contribution in [-0.4, -0.2) is 21.7 Å². The van der Waals surface area contributed by atoms with E-state index in [1.807, 2.05) is 12.1 Å². The molecule has 1 unspecified atom stereocenters. The third-order valence-corrected chi connectivity index (χ3v) is 3.63. The molecule has 96 valence electrons. The number of nitrogens with one attached hydrogen (secondary N) is 1. The standard InChI is InChI=1S/C13H14Cl2N2O/c14-11-2-1-9(7-12(11)15)10(3-6-18)8-13-16-4-5-17-13/h1-2,4-5,7,10,18H,3,6,8H2,(H,16,17). The van der Waals surface area contributed by atoms with Crippen molar-refractivity contribution in [3.63, 3.8) is 0 Å². The van der Waals surface area contributed by atoms with E-state index in [2.05, 4.69) is 9.97 Å². The van der Waals surface area contributed by atoms with Crippen molar-refractivity contribution in [3.05, 3.63) is 52.0 Å². The summed E-state index contributed by atoms with van der Waals surface area (Å²) < 4.78 is 0. The van der Waals surface area contributed by atoms with Crippen molar-refractivity contribution in [1.82, 2.24) is 9.97 Å². The van der Waals surface area contributed by atoms with Crippen molar-refractivity contribution >= 4 is 23.2 Å². The Bertz CT molecular complexity index is 500. The molecule has 2 rings (SSSR count). The lowest BCUT2D eigenvalue weighted by Crippen LogP contribution is -2.06. The van der Waals surface area contributed by atoms with Crippen LogP contribution in [0.15, 0.2) is 30.6 Å². The number of H-pyrrole nitrogens is 1. The molecule has 3 nitrogen and oxygen atoms in total. The van der Waals surface area contributed by atoms with E-state index in [1.54, 1.807) is 18.5 Å². The second-order valence-electron chi connectivity index (χ2n) is 4.12. The molecule has 2 N–H and O–H groups in total.